The molecule has 0 aliphatic heterocycles. The minimum atomic E-state index is -0.454. The second-order valence-corrected chi connectivity index (χ2v) is 6.45. The van der Waals surface area contributed by atoms with Crippen molar-refractivity contribution >= 4 is 23.6 Å². The highest BCUT2D eigenvalue weighted by Crippen LogP contribution is 2.17. The van der Waals surface area contributed by atoms with Crippen molar-refractivity contribution in [3.8, 4) is 0 Å². The van der Waals surface area contributed by atoms with Crippen LogP contribution in [-0.2, 0) is 4.79 Å². The third kappa shape index (κ3) is 7.30. The molecule has 0 heterocycles. The van der Waals surface area contributed by atoms with Gasteiger partial charge in [0.15, 0.2) is 0 Å². The van der Waals surface area contributed by atoms with Crippen LogP contribution in [0.1, 0.15) is 43.6 Å². The lowest BCUT2D eigenvalue weighted by molar-refractivity contribution is -0.109. The fraction of sp³-hybridized carbons (Fsp3) is 0.421. The van der Waals surface area contributed by atoms with Gasteiger partial charge in [0.25, 0.3) is 5.91 Å². The molecule has 0 aliphatic carbocycles. The quantitative estimate of drug-likeness (QED) is 0.362. The number of nitrogens with one attached hydrogen (secondary N) is 2. The van der Waals surface area contributed by atoms with E-state index in [1.165, 1.54) is 0 Å². The summed E-state index contributed by atoms with van der Waals surface area (Å²) in [7, 11) is 0. The van der Waals surface area contributed by atoms with Crippen LogP contribution in [0.15, 0.2) is 35.3 Å². The van der Waals surface area contributed by atoms with Crippen molar-refractivity contribution in [2.45, 2.75) is 33.2 Å². The van der Waals surface area contributed by atoms with Gasteiger partial charge < -0.3 is 16.4 Å². The molecule has 0 atom stereocenters. The molecule has 0 fully saturated rings. The molecule has 6 nitrogen and oxygen atoms in total. The number of allylic oxidation sites excluding steroid dienone is 1. The largest absolute Gasteiger partial charge is 0.355 e. The van der Waals surface area contributed by atoms with Gasteiger partial charge >= 0.3 is 0 Å². The molecule has 6 heteroatoms. The van der Waals surface area contributed by atoms with Crippen LogP contribution in [-0.4, -0.2) is 43.2 Å². The van der Waals surface area contributed by atoms with Gasteiger partial charge in [-0.15, -0.1) is 0 Å². The Hall–Kier alpha value is -2.47. The van der Waals surface area contributed by atoms with Gasteiger partial charge in [0.05, 0.1) is 0 Å². The molecule has 1 aromatic rings. The summed E-state index contributed by atoms with van der Waals surface area (Å²) >= 11 is 0. The molecule has 0 saturated heterocycles. The molecule has 2 amide bonds. The van der Waals surface area contributed by atoms with Gasteiger partial charge in [-0.1, -0.05) is 18.2 Å². The summed E-state index contributed by atoms with van der Waals surface area (Å²) < 4.78 is 0. The lowest BCUT2D eigenvalue weighted by Crippen LogP contribution is -2.45. The van der Waals surface area contributed by atoms with Crippen LogP contribution in [0.25, 0.3) is 5.57 Å². The van der Waals surface area contributed by atoms with Crippen LogP contribution in [0.4, 0.5) is 0 Å². The lowest BCUT2D eigenvalue weighted by Gasteiger charge is -2.19. The Morgan fingerprint density at radius 3 is 2.36 bits per heavy atom. The third-order valence-corrected chi connectivity index (χ3v) is 3.46. The molecule has 1 rings (SSSR count). The monoisotopic (exact) mass is 344 g/mol. The fourth-order valence-corrected chi connectivity index (χ4v) is 2.22. The highest BCUT2D eigenvalue weighted by molar-refractivity contribution is 6.22. The van der Waals surface area contributed by atoms with Crippen molar-refractivity contribution in [1.82, 2.24) is 10.6 Å². The molecule has 1 aromatic carbocycles. The number of hydrogen-bond donors (Lipinski definition) is 3. The van der Waals surface area contributed by atoms with Crippen molar-refractivity contribution in [2.75, 3.05) is 19.6 Å². The number of aliphatic imine (C=N–C) groups is 1. The van der Waals surface area contributed by atoms with E-state index < -0.39 is 5.54 Å². The zero-order chi connectivity index (χ0) is 18.9. The van der Waals surface area contributed by atoms with E-state index in [9.17, 15) is 9.59 Å². The number of carbonyl (C=O) groups excluding carboxylic acids is 2. The minimum absolute atomic E-state index is 0.155. The van der Waals surface area contributed by atoms with Gasteiger partial charge in [0.1, 0.15) is 0 Å². The van der Waals surface area contributed by atoms with E-state index in [2.05, 4.69) is 15.6 Å². The molecule has 0 spiro atoms. The van der Waals surface area contributed by atoms with E-state index >= 15 is 0 Å². The number of nitrogens with zero attached hydrogens (tertiary/aromatic N) is 1. The van der Waals surface area contributed by atoms with Gasteiger partial charge in [0.2, 0.25) is 6.41 Å². The Kier molecular flexibility index (Phi) is 8.01. The van der Waals surface area contributed by atoms with Crippen molar-refractivity contribution < 1.29 is 9.59 Å². The maximum atomic E-state index is 12.2. The zero-order valence-corrected chi connectivity index (χ0v) is 15.4. The number of rotatable bonds is 9. The second kappa shape index (κ2) is 9.74. The topological polar surface area (TPSA) is 96.6 Å². The Bertz CT molecular complexity index is 640. The molecule has 0 unspecified atom stereocenters. The number of carbonyl (C=O) groups is 2. The van der Waals surface area contributed by atoms with Crippen molar-refractivity contribution in [1.29, 1.82) is 0 Å². The van der Waals surface area contributed by atoms with E-state index in [0.717, 1.165) is 16.8 Å². The number of nitrogens with two attached hydrogens (primary N) is 1. The third-order valence-electron chi connectivity index (χ3n) is 3.46. The molecule has 0 bridgehead atoms. The van der Waals surface area contributed by atoms with Crippen LogP contribution in [0, 0.1) is 0 Å². The summed E-state index contributed by atoms with van der Waals surface area (Å²) in [6.07, 6.45) is 2.57. The highest BCUT2D eigenvalue weighted by atomic mass is 16.1. The number of hydrogen-bond acceptors (Lipinski definition) is 4. The summed E-state index contributed by atoms with van der Waals surface area (Å²) in [6, 6.07) is 7.30. The predicted molar refractivity (Wildman–Crippen MR) is 103 cm³/mol. The SMILES string of the molecule is CCN=C(C)/C(=C\CNC=O)c1ccc(C(=O)NCC(C)(C)N)cc1. The molecular weight excluding hydrogens is 316 g/mol. The number of benzene rings is 1. The maximum absolute atomic E-state index is 12.2. The normalized spacial score (nSPS) is 12.7. The van der Waals surface area contributed by atoms with E-state index in [4.69, 9.17) is 5.73 Å². The van der Waals surface area contributed by atoms with Crippen molar-refractivity contribution in [2.24, 2.45) is 10.7 Å². The predicted octanol–water partition coefficient (Wildman–Crippen LogP) is 1.76. The standard InChI is InChI=1S/C19H28N4O2/c1-5-22-14(2)17(10-11-21-13-24)15-6-8-16(9-7-15)18(25)23-12-19(3,4)20/h6-10,13H,5,11-12,20H2,1-4H3,(H,21,24)(H,23,25)/b17-10+,22-14?. The Morgan fingerprint density at radius 1 is 1.24 bits per heavy atom. The first-order valence-corrected chi connectivity index (χ1v) is 8.34. The molecule has 25 heavy (non-hydrogen) atoms. The zero-order valence-electron chi connectivity index (χ0n) is 15.4. The van der Waals surface area contributed by atoms with E-state index in [-0.39, 0.29) is 5.91 Å². The van der Waals surface area contributed by atoms with Crippen LogP contribution >= 0.6 is 0 Å². The van der Waals surface area contributed by atoms with Crippen LogP contribution in [0.5, 0.6) is 0 Å². The average molecular weight is 344 g/mol. The first kappa shape index (κ1) is 20.6. The van der Waals surface area contributed by atoms with Gasteiger partial charge in [-0.05, 0) is 45.4 Å². The Balaban J connectivity index is 2.96. The van der Waals surface area contributed by atoms with Gasteiger partial charge in [0, 0.05) is 42.0 Å². The molecule has 4 N–H and O–H groups in total. The van der Waals surface area contributed by atoms with Gasteiger partial charge in [-0.3, -0.25) is 14.6 Å². The summed E-state index contributed by atoms with van der Waals surface area (Å²) in [6.45, 7) is 9.12. The molecule has 136 valence electrons. The first-order valence-electron chi connectivity index (χ1n) is 8.34. The summed E-state index contributed by atoms with van der Waals surface area (Å²) in [5.74, 6) is -0.155. The second-order valence-electron chi connectivity index (χ2n) is 6.45. The minimum Gasteiger partial charge on any atom is -0.355 e. The van der Waals surface area contributed by atoms with E-state index in [1.54, 1.807) is 12.1 Å². The summed E-state index contributed by atoms with van der Waals surface area (Å²) in [5, 5.41) is 5.44. The van der Waals surface area contributed by atoms with E-state index in [1.807, 2.05) is 45.9 Å². The molecule has 0 radical (unpaired) electrons. The van der Waals surface area contributed by atoms with Crippen molar-refractivity contribution in [3.63, 3.8) is 0 Å². The van der Waals surface area contributed by atoms with Crippen LogP contribution in [0.3, 0.4) is 0 Å². The van der Waals surface area contributed by atoms with Gasteiger partial charge in [-0.25, -0.2) is 0 Å². The van der Waals surface area contributed by atoms with Crippen LogP contribution < -0.4 is 16.4 Å². The summed E-state index contributed by atoms with van der Waals surface area (Å²) in [4.78, 5) is 27.0. The van der Waals surface area contributed by atoms with Gasteiger partial charge in [-0.2, -0.15) is 0 Å². The average Bonchev–Trinajstić information content (AvgIpc) is 2.56. The molecule has 0 aromatic heterocycles. The first-order chi connectivity index (χ1) is 11.8. The Morgan fingerprint density at radius 2 is 1.84 bits per heavy atom. The summed E-state index contributed by atoms with van der Waals surface area (Å²) in [5.41, 5.74) is 8.76. The van der Waals surface area contributed by atoms with Crippen molar-refractivity contribution in [3.05, 3.63) is 41.5 Å². The number of amides is 2. The molecule has 0 aliphatic rings. The highest BCUT2D eigenvalue weighted by Gasteiger charge is 2.14. The van der Waals surface area contributed by atoms with E-state index in [0.29, 0.717) is 31.6 Å². The maximum Gasteiger partial charge on any atom is 0.251 e. The van der Waals surface area contributed by atoms with Crippen LogP contribution in [0.2, 0.25) is 0 Å². The Labute approximate surface area is 149 Å². The smallest absolute Gasteiger partial charge is 0.251 e. The lowest BCUT2D eigenvalue weighted by atomic mass is 9.99. The molecular formula is C19H28N4O2. The fourth-order valence-electron chi connectivity index (χ4n) is 2.22. The molecule has 0 saturated carbocycles.